The second kappa shape index (κ2) is 5.96. The van der Waals surface area contributed by atoms with E-state index in [0.29, 0.717) is 18.0 Å². The van der Waals surface area contributed by atoms with Crippen LogP contribution < -0.4 is 4.74 Å². The minimum atomic E-state index is 0.163. The van der Waals surface area contributed by atoms with Crippen molar-refractivity contribution >= 4 is 17.2 Å². The summed E-state index contributed by atoms with van der Waals surface area (Å²) in [7, 11) is 0. The zero-order valence-electron chi connectivity index (χ0n) is 13.1. The molecule has 0 spiro atoms. The Morgan fingerprint density at radius 3 is 2.61 bits per heavy atom. The highest BCUT2D eigenvalue weighted by atomic mass is 32.1. The third-order valence-electron chi connectivity index (χ3n) is 4.80. The molecule has 0 radical (unpaired) electrons. The van der Waals surface area contributed by atoms with Gasteiger partial charge in [-0.2, -0.15) is 0 Å². The zero-order chi connectivity index (χ0) is 15.8. The molecule has 2 aromatic heterocycles. The average Bonchev–Trinajstić information content (AvgIpc) is 3.10. The smallest absolute Gasteiger partial charge is 0.264 e. The number of ether oxygens (including phenoxy) is 1. The lowest BCUT2D eigenvalue weighted by molar-refractivity contribution is 0.0352. The highest BCUT2D eigenvalue weighted by Gasteiger charge is 2.44. The van der Waals surface area contributed by atoms with Gasteiger partial charge in [0.25, 0.3) is 5.91 Å². The molecular formula is C18H20N2O2S. The molecule has 4 heterocycles. The number of piperidine rings is 1. The van der Waals surface area contributed by atoms with Gasteiger partial charge in [0.1, 0.15) is 6.10 Å². The summed E-state index contributed by atoms with van der Waals surface area (Å²) in [5.41, 5.74) is 0. The Balaban J connectivity index is 1.47. The number of aromatic nitrogens is 1. The molecule has 2 aromatic rings. The first-order valence-electron chi connectivity index (χ1n) is 8.17. The summed E-state index contributed by atoms with van der Waals surface area (Å²) in [4.78, 5) is 21.2. The fourth-order valence-corrected chi connectivity index (χ4v) is 4.63. The number of amides is 1. The third kappa shape index (κ3) is 2.85. The van der Waals surface area contributed by atoms with Gasteiger partial charge >= 0.3 is 0 Å². The Labute approximate surface area is 140 Å². The Hall–Kier alpha value is -1.88. The van der Waals surface area contributed by atoms with Crippen LogP contribution in [0.2, 0.25) is 0 Å². The second-order valence-corrected chi connectivity index (χ2v) is 7.67. The summed E-state index contributed by atoms with van der Waals surface area (Å²) in [6.07, 6.45) is 5.90. The van der Waals surface area contributed by atoms with Crippen molar-refractivity contribution in [2.24, 2.45) is 0 Å². The van der Waals surface area contributed by atoms with E-state index in [1.54, 1.807) is 17.5 Å². The fraction of sp³-hybridized carbons (Fsp3) is 0.444. The van der Waals surface area contributed by atoms with E-state index in [1.165, 1.54) is 4.88 Å². The Morgan fingerprint density at radius 1 is 1.22 bits per heavy atom. The van der Waals surface area contributed by atoms with Crippen molar-refractivity contribution in [1.82, 2.24) is 9.88 Å². The molecule has 4 rings (SSSR count). The second-order valence-electron chi connectivity index (χ2n) is 6.39. The number of carbonyl (C=O) groups is 1. The number of aryl methyl sites for hydroxylation is 1. The Morgan fingerprint density at radius 2 is 2.00 bits per heavy atom. The van der Waals surface area contributed by atoms with Crippen molar-refractivity contribution in [2.75, 3.05) is 0 Å². The molecule has 0 aromatic carbocycles. The van der Waals surface area contributed by atoms with Crippen LogP contribution in [0, 0.1) is 6.92 Å². The molecule has 2 bridgehead atoms. The molecule has 120 valence electrons. The number of carbonyl (C=O) groups excluding carboxylic acids is 1. The molecule has 4 nitrogen and oxygen atoms in total. The van der Waals surface area contributed by atoms with Crippen molar-refractivity contribution in [3.63, 3.8) is 0 Å². The molecule has 2 atom stereocenters. The lowest BCUT2D eigenvalue weighted by atomic mass is 9.99. The van der Waals surface area contributed by atoms with E-state index in [0.717, 1.165) is 30.6 Å². The van der Waals surface area contributed by atoms with Crippen LogP contribution >= 0.6 is 11.3 Å². The monoisotopic (exact) mass is 328 g/mol. The topological polar surface area (TPSA) is 42.4 Å². The number of hydrogen-bond donors (Lipinski definition) is 0. The van der Waals surface area contributed by atoms with Crippen LogP contribution in [0.5, 0.6) is 5.88 Å². The summed E-state index contributed by atoms with van der Waals surface area (Å²) in [5.74, 6) is 0.887. The summed E-state index contributed by atoms with van der Waals surface area (Å²) in [6, 6.07) is 10.3. The molecule has 5 heteroatoms. The van der Waals surface area contributed by atoms with Crippen LogP contribution in [-0.2, 0) is 0 Å². The summed E-state index contributed by atoms with van der Waals surface area (Å²) < 4.78 is 6.03. The van der Waals surface area contributed by atoms with E-state index in [2.05, 4.69) is 9.88 Å². The number of fused-ring (bicyclic) bond motifs is 2. The first-order valence-corrected chi connectivity index (χ1v) is 8.99. The van der Waals surface area contributed by atoms with Crippen LogP contribution in [0.15, 0.2) is 36.5 Å². The third-order valence-corrected chi connectivity index (χ3v) is 5.79. The largest absolute Gasteiger partial charge is 0.474 e. The van der Waals surface area contributed by atoms with E-state index in [4.69, 9.17) is 4.74 Å². The van der Waals surface area contributed by atoms with E-state index in [-0.39, 0.29) is 12.0 Å². The van der Waals surface area contributed by atoms with E-state index in [9.17, 15) is 4.79 Å². The lowest BCUT2D eigenvalue weighted by Crippen LogP contribution is -2.49. The number of pyridine rings is 1. The van der Waals surface area contributed by atoms with Crippen LogP contribution in [0.1, 0.15) is 40.2 Å². The summed E-state index contributed by atoms with van der Waals surface area (Å²) in [5, 5.41) is 0. The van der Waals surface area contributed by atoms with Gasteiger partial charge in [0.2, 0.25) is 5.88 Å². The molecule has 2 aliphatic rings. The molecule has 1 amide bonds. The number of rotatable bonds is 3. The van der Waals surface area contributed by atoms with E-state index in [1.807, 2.05) is 37.3 Å². The molecule has 0 N–H and O–H groups in total. The average molecular weight is 328 g/mol. The quantitative estimate of drug-likeness (QED) is 0.863. The van der Waals surface area contributed by atoms with E-state index >= 15 is 0 Å². The Bertz CT molecular complexity index is 686. The van der Waals surface area contributed by atoms with Crippen LogP contribution in [0.3, 0.4) is 0 Å². The van der Waals surface area contributed by atoms with Crippen molar-refractivity contribution in [3.8, 4) is 5.88 Å². The zero-order valence-corrected chi connectivity index (χ0v) is 14.0. The Kier molecular flexibility index (Phi) is 3.81. The van der Waals surface area contributed by atoms with Crippen LogP contribution in [-0.4, -0.2) is 34.0 Å². The van der Waals surface area contributed by atoms with Gasteiger partial charge in [-0.25, -0.2) is 4.98 Å². The van der Waals surface area contributed by atoms with Gasteiger partial charge in [0.15, 0.2) is 0 Å². The first-order chi connectivity index (χ1) is 11.2. The SMILES string of the molecule is Cc1ccc(C(=O)N2C3CCC2CC(Oc2ccccn2)C3)s1. The standard InChI is InChI=1S/C18H20N2O2S/c1-12-5-8-16(23-12)18(21)20-13-6-7-14(20)11-15(10-13)22-17-4-2-3-9-19-17/h2-5,8-9,13-15H,6-7,10-11H2,1H3. The highest BCUT2D eigenvalue weighted by molar-refractivity contribution is 7.13. The molecule has 0 aliphatic carbocycles. The van der Waals surface area contributed by atoms with Gasteiger partial charge < -0.3 is 9.64 Å². The predicted molar refractivity (Wildman–Crippen MR) is 89.9 cm³/mol. The van der Waals surface area contributed by atoms with Crippen molar-refractivity contribution in [3.05, 3.63) is 46.3 Å². The van der Waals surface area contributed by atoms with Crippen molar-refractivity contribution < 1.29 is 9.53 Å². The van der Waals surface area contributed by atoms with Gasteiger partial charge in [-0.3, -0.25) is 4.79 Å². The molecule has 2 aliphatic heterocycles. The van der Waals surface area contributed by atoms with Crippen LogP contribution in [0.4, 0.5) is 0 Å². The van der Waals surface area contributed by atoms with Crippen molar-refractivity contribution in [2.45, 2.75) is 50.8 Å². The summed E-state index contributed by atoms with van der Waals surface area (Å²) >= 11 is 1.59. The fourth-order valence-electron chi connectivity index (χ4n) is 3.82. The maximum absolute atomic E-state index is 12.8. The normalized spacial score (nSPS) is 26.3. The summed E-state index contributed by atoms with van der Waals surface area (Å²) in [6.45, 7) is 2.04. The van der Waals surface area contributed by atoms with E-state index < -0.39 is 0 Å². The predicted octanol–water partition coefficient (Wildman–Crippen LogP) is 3.67. The number of thiophene rings is 1. The van der Waals surface area contributed by atoms with Gasteiger partial charge in [0, 0.05) is 42.1 Å². The molecule has 23 heavy (non-hydrogen) atoms. The lowest BCUT2D eigenvalue weighted by Gasteiger charge is -2.38. The molecule has 2 saturated heterocycles. The molecule has 2 fully saturated rings. The molecule has 0 saturated carbocycles. The molecule has 2 unspecified atom stereocenters. The number of hydrogen-bond acceptors (Lipinski definition) is 4. The number of nitrogens with zero attached hydrogens (tertiary/aromatic N) is 2. The first kappa shape index (κ1) is 14.7. The maximum atomic E-state index is 12.8. The van der Waals surface area contributed by atoms with Crippen molar-refractivity contribution in [1.29, 1.82) is 0 Å². The van der Waals surface area contributed by atoms with Gasteiger partial charge in [-0.05, 0) is 38.0 Å². The minimum Gasteiger partial charge on any atom is -0.474 e. The highest BCUT2D eigenvalue weighted by Crippen LogP contribution is 2.38. The minimum absolute atomic E-state index is 0.163. The molecular weight excluding hydrogens is 308 g/mol. The van der Waals surface area contributed by atoms with Crippen LogP contribution in [0.25, 0.3) is 0 Å². The van der Waals surface area contributed by atoms with Gasteiger partial charge in [-0.1, -0.05) is 6.07 Å². The van der Waals surface area contributed by atoms with Gasteiger partial charge in [0.05, 0.1) is 4.88 Å². The maximum Gasteiger partial charge on any atom is 0.264 e. The van der Waals surface area contributed by atoms with Gasteiger partial charge in [-0.15, -0.1) is 11.3 Å².